The zero-order valence-electron chi connectivity index (χ0n) is 11.6. The first-order valence-corrected chi connectivity index (χ1v) is 7.11. The van der Waals surface area contributed by atoms with Crippen LogP contribution in [0.2, 0.25) is 0 Å². The maximum Gasteiger partial charge on any atom is 0.323 e. The molecule has 2 aromatic rings. The van der Waals surface area contributed by atoms with Crippen molar-refractivity contribution in [2.75, 3.05) is 6.54 Å². The van der Waals surface area contributed by atoms with Gasteiger partial charge in [-0.2, -0.15) is 0 Å². The molecule has 6 heteroatoms. The van der Waals surface area contributed by atoms with Gasteiger partial charge in [-0.25, -0.2) is 4.98 Å². The first-order valence-electron chi connectivity index (χ1n) is 7.11. The van der Waals surface area contributed by atoms with Gasteiger partial charge in [-0.1, -0.05) is 18.9 Å². The van der Waals surface area contributed by atoms with Crippen molar-refractivity contribution in [2.45, 2.75) is 31.7 Å². The van der Waals surface area contributed by atoms with E-state index in [0.29, 0.717) is 11.3 Å². The van der Waals surface area contributed by atoms with Gasteiger partial charge >= 0.3 is 5.97 Å². The van der Waals surface area contributed by atoms with Crippen LogP contribution in [0.4, 0.5) is 0 Å². The smallest absolute Gasteiger partial charge is 0.323 e. The Hall–Kier alpha value is -2.37. The number of pyridine rings is 1. The molecule has 110 valence electrons. The van der Waals surface area contributed by atoms with E-state index in [4.69, 9.17) is 5.11 Å². The van der Waals surface area contributed by atoms with E-state index < -0.39 is 5.97 Å². The molecule has 1 aliphatic carbocycles. The number of hydrogen-bond donors (Lipinski definition) is 1. The van der Waals surface area contributed by atoms with Gasteiger partial charge in [0.2, 0.25) is 0 Å². The molecule has 0 radical (unpaired) electrons. The number of carbonyl (C=O) groups is 2. The Morgan fingerprint density at radius 2 is 2.10 bits per heavy atom. The second kappa shape index (κ2) is 5.55. The molecule has 0 saturated heterocycles. The predicted octanol–water partition coefficient (Wildman–Crippen LogP) is 1.80. The first kappa shape index (κ1) is 13.6. The van der Waals surface area contributed by atoms with E-state index in [1.807, 2.05) is 24.4 Å². The standard InChI is InChI=1S/C15H17N3O3/c19-14(20)10-18(11-5-1-2-6-11)15(21)12-9-17-8-4-3-7-13(17)16-12/h3-4,7-9,11H,1-2,5-6,10H2,(H,19,20). The summed E-state index contributed by atoms with van der Waals surface area (Å²) in [6.07, 6.45) is 7.29. The number of aliphatic carboxylic acids is 1. The Morgan fingerprint density at radius 1 is 1.33 bits per heavy atom. The summed E-state index contributed by atoms with van der Waals surface area (Å²) < 4.78 is 1.76. The van der Waals surface area contributed by atoms with Crippen LogP contribution in [0.25, 0.3) is 5.65 Å². The van der Waals surface area contributed by atoms with E-state index in [-0.39, 0.29) is 18.5 Å². The lowest BCUT2D eigenvalue weighted by atomic mass is 10.2. The molecule has 0 unspecified atom stereocenters. The number of aromatic nitrogens is 2. The van der Waals surface area contributed by atoms with Crippen molar-refractivity contribution in [3.05, 3.63) is 36.3 Å². The minimum Gasteiger partial charge on any atom is -0.480 e. The number of carboxylic acids is 1. The summed E-state index contributed by atoms with van der Waals surface area (Å²) in [5, 5.41) is 9.06. The molecule has 1 saturated carbocycles. The average molecular weight is 287 g/mol. The van der Waals surface area contributed by atoms with Crippen molar-refractivity contribution in [1.82, 2.24) is 14.3 Å². The zero-order valence-corrected chi connectivity index (χ0v) is 11.6. The summed E-state index contributed by atoms with van der Waals surface area (Å²) in [6.45, 7) is -0.266. The highest BCUT2D eigenvalue weighted by atomic mass is 16.4. The van der Waals surface area contributed by atoms with E-state index in [9.17, 15) is 9.59 Å². The van der Waals surface area contributed by atoms with Gasteiger partial charge in [0, 0.05) is 18.4 Å². The molecule has 6 nitrogen and oxygen atoms in total. The number of imidazole rings is 1. The van der Waals surface area contributed by atoms with Gasteiger partial charge < -0.3 is 14.4 Å². The van der Waals surface area contributed by atoms with Crippen molar-refractivity contribution in [2.24, 2.45) is 0 Å². The number of nitrogens with zero attached hydrogens (tertiary/aromatic N) is 3. The van der Waals surface area contributed by atoms with E-state index in [0.717, 1.165) is 25.7 Å². The molecule has 0 aliphatic heterocycles. The van der Waals surface area contributed by atoms with E-state index in [1.165, 1.54) is 4.90 Å². The van der Waals surface area contributed by atoms with E-state index >= 15 is 0 Å². The molecular formula is C15H17N3O3. The van der Waals surface area contributed by atoms with Crippen LogP contribution in [-0.4, -0.2) is 43.9 Å². The maximum atomic E-state index is 12.6. The van der Waals surface area contributed by atoms with Gasteiger partial charge in [0.1, 0.15) is 17.9 Å². The van der Waals surface area contributed by atoms with E-state index in [2.05, 4.69) is 4.98 Å². The quantitative estimate of drug-likeness (QED) is 0.930. The maximum absolute atomic E-state index is 12.6. The minimum absolute atomic E-state index is 0.0124. The third-order valence-corrected chi connectivity index (χ3v) is 3.92. The number of fused-ring (bicyclic) bond motifs is 1. The lowest BCUT2D eigenvalue weighted by molar-refractivity contribution is -0.138. The fraction of sp³-hybridized carbons (Fsp3) is 0.400. The fourth-order valence-electron chi connectivity index (χ4n) is 2.91. The average Bonchev–Trinajstić information content (AvgIpc) is 3.12. The van der Waals surface area contributed by atoms with Crippen LogP contribution in [0, 0.1) is 0 Å². The first-order chi connectivity index (χ1) is 10.1. The summed E-state index contributed by atoms with van der Waals surface area (Å²) in [7, 11) is 0. The fourth-order valence-corrected chi connectivity index (χ4v) is 2.91. The van der Waals surface area contributed by atoms with Gasteiger partial charge in [-0.15, -0.1) is 0 Å². The highest BCUT2D eigenvalue weighted by Crippen LogP contribution is 2.24. The van der Waals surface area contributed by atoms with Crippen LogP contribution < -0.4 is 0 Å². The molecule has 21 heavy (non-hydrogen) atoms. The minimum atomic E-state index is -0.987. The van der Waals surface area contributed by atoms with Gasteiger partial charge in [0.15, 0.2) is 0 Å². The predicted molar refractivity (Wildman–Crippen MR) is 76.1 cm³/mol. The third-order valence-electron chi connectivity index (χ3n) is 3.92. The molecule has 1 aliphatic rings. The lowest BCUT2D eigenvalue weighted by Gasteiger charge is -2.26. The topological polar surface area (TPSA) is 74.9 Å². The SMILES string of the molecule is O=C(O)CN(C(=O)c1cn2ccccc2n1)C1CCCC1. The van der Waals surface area contributed by atoms with Crippen LogP contribution in [0.15, 0.2) is 30.6 Å². The van der Waals surface area contributed by atoms with Gasteiger partial charge in [0.05, 0.1) is 0 Å². The molecule has 1 N–H and O–H groups in total. The van der Waals surface area contributed by atoms with Crippen LogP contribution in [0.1, 0.15) is 36.2 Å². The number of rotatable bonds is 4. The Kier molecular flexibility index (Phi) is 3.60. The summed E-state index contributed by atoms with van der Waals surface area (Å²) in [6, 6.07) is 5.53. The van der Waals surface area contributed by atoms with Gasteiger partial charge in [-0.05, 0) is 25.0 Å². The second-order valence-corrected chi connectivity index (χ2v) is 5.36. The number of hydrogen-bond acceptors (Lipinski definition) is 3. The van der Waals surface area contributed by atoms with Crippen LogP contribution in [0.5, 0.6) is 0 Å². The van der Waals surface area contributed by atoms with Gasteiger partial charge in [-0.3, -0.25) is 9.59 Å². The number of carbonyl (C=O) groups excluding carboxylic acids is 1. The summed E-state index contributed by atoms with van der Waals surface area (Å²) >= 11 is 0. The summed E-state index contributed by atoms with van der Waals surface area (Å²) in [5.41, 5.74) is 0.983. The second-order valence-electron chi connectivity index (χ2n) is 5.36. The Labute approximate surface area is 122 Å². The van der Waals surface area contributed by atoms with Crippen molar-refractivity contribution in [3.63, 3.8) is 0 Å². The lowest BCUT2D eigenvalue weighted by Crippen LogP contribution is -2.42. The Bertz CT molecular complexity index is 641. The molecule has 1 fully saturated rings. The molecule has 0 spiro atoms. The molecule has 0 bridgehead atoms. The molecular weight excluding hydrogens is 270 g/mol. The Balaban J connectivity index is 1.90. The molecule has 0 aromatic carbocycles. The number of carboxylic acid groups (broad SMARTS) is 1. The largest absolute Gasteiger partial charge is 0.480 e. The van der Waals surface area contributed by atoms with Crippen molar-refractivity contribution in [3.8, 4) is 0 Å². The molecule has 3 rings (SSSR count). The van der Waals surface area contributed by atoms with Crippen LogP contribution in [0.3, 0.4) is 0 Å². The van der Waals surface area contributed by atoms with Crippen molar-refractivity contribution in [1.29, 1.82) is 0 Å². The number of amides is 1. The van der Waals surface area contributed by atoms with E-state index in [1.54, 1.807) is 10.6 Å². The third kappa shape index (κ3) is 2.74. The van der Waals surface area contributed by atoms with Gasteiger partial charge in [0.25, 0.3) is 5.91 Å². The summed E-state index contributed by atoms with van der Waals surface area (Å²) in [5.74, 6) is -1.29. The zero-order chi connectivity index (χ0) is 14.8. The van der Waals surface area contributed by atoms with Crippen molar-refractivity contribution >= 4 is 17.5 Å². The normalized spacial score (nSPS) is 15.4. The Morgan fingerprint density at radius 3 is 2.76 bits per heavy atom. The van der Waals surface area contributed by atoms with Crippen LogP contribution >= 0.6 is 0 Å². The highest BCUT2D eigenvalue weighted by Gasteiger charge is 2.30. The molecule has 1 amide bonds. The highest BCUT2D eigenvalue weighted by molar-refractivity contribution is 5.95. The monoisotopic (exact) mass is 287 g/mol. The molecule has 2 aromatic heterocycles. The summed E-state index contributed by atoms with van der Waals surface area (Å²) in [4.78, 5) is 29.4. The molecule has 2 heterocycles. The van der Waals surface area contributed by atoms with Crippen molar-refractivity contribution < 1.29 is 14.7 Å². The van der Waals surface area contributed by atoms with Crippen LogP contribution in [-0.2, 0) is 4.79 Å². The molecule has 0 atom stereocenters.